The van der Waals surface area contributed by atoms with Gasteiger partial charge in [-0.15, -0.1) is 0 Å². The average Bonchev–Trinajstić information content (AvgIpc) is 2.80. The maximum absolute atomic E-state index is 6.60. The second-order valence-electron chi connectivity index (χ2n) is 8.14. The summed E-state index contributed by atoms with van der Waals surface area (Å²) in [5.41, 5.74) is 8.56. The van der Waals surface area contributed by atoms with E-state index in [4.69, 9.17) is 16.3 Å². The molecule has 1 fully saturated rings. The predicted octanol–water partition coefficient (Wildman–Crippen LogP) is 6.00. The Balaban J connectivity index is 1.48. The monoisotopic (exact) mass is 434 g/mol. The molecule has 0 spiro atoms. The van der Waals surface area contributed by atoms with Crippen molar-refractivity contribution in [2.75, 3.05) is 31.1 Å². The van der Waals surface area contributed by atoms with Crippen molar-refractivity contribution in [1.82, 2.24) is 5.32 Å². The standard InChI is InChI=1S/C27H31ClN2O/c1-3-22-17-21(11-12-26(22)30-15-13-29-14-16-30)18-31-19-23-8-6-10-25(28)27(23)24-9-5-4-7-20(24)2/h4-12,17,29H,3,13-16,18-19H2,1-2H3. The van der Waals surface area contributed by atoms with Crippen LogP contribution in [0.3, 0.4) is 0 Å². The summed E-state index contributed by atoms with van der Waals surface area (Å²) in [7, 11) is 0. The molecule has 3 aromatic rings. The summed E-state index contributed by atoms with van der Waals surface area (Å²) < 4.78 is 6.17. The molecule has 3 nitrogen and oxygen atoms in total. The van der Waals surface area contributed by atoms with Crippen LogP contribution in [0.2, 0.25) is 5.02 Å². The molecule has 0 bridgehead atoms. The van der Waals surface area contributed by atoms with E-state index < -0.39 is 0 Å². The van der Waals surface area contributed by atoms with E-state index in [1.807, 2.05) is 12.1 Å². The Morgan fingerprint density at radius 2 is 1.74 bits per heavy atom. The molecule has 0 atom stereocenters. The summed E-state index contributed by atoms with van der Waals surface area (Å²) in [5, 5.41) is 4.20. The summed E-state index contributed by atoms with van der Waals surface area (Å²) in [6.07, 6.45) is 1.03. The third-order valence-electron chi connectivity index (χ3n) is 6.02. The third kappa shape index (κ3) is 5.12. The highest BCUT2D eigenvalue weighted by atomic mass is 35.5. The van der Waals surface area contributed by atoms with E-state index >= 15 is 0 Å². The molecule has 0 unspecified atom stereocenters. The second-order valence-corrected chi connectivity index (χ2v) is 8.54. The van der Waals surface area contributed by atoms with Gasteiger partial charge in [0, 0.05) is 42.5 Å². The minimum absolute atomic E-state index is 0.533. The number of hydrogen-bond donors (Lipinski definition) is 1. The number of piperazine rings is 1. The van der Waals surface area contributed by atoms with Gasteiger partial charge in [0.15, 0.2) is 0 Å². The Morgan fingerprint density at radius 3 is 2.52 bits per heavy atom. The number of rotatable bonds is 7. The molecule has 4 rings (SSSR count). The Labute approximate surface area is 191 Å². The highest BCUT2D eigenvalue weighted by Crippen LogP contribution is 2.34. The van der Waals surface area contributed by atoms with E-state index in [1.165, 1.54) is 27.9 Å². The Kier molecular flexibility index (Phi) is 7.29. The number of anilines is 1. The lowest BCUT2D eigenvalue weighted by Gasteiger charge is -2.31. The molecule has 0 saturated carbocycles. The molecule has 0 aromatic heterocycles. The second kappa shape index (κ2) is 10.3. The van der Waals surface area contributed by atoms with Gasteiger partial charge in [-0.2, -0.15) is 0 Å². The van der Waals surface area contributed by atoms with E-state index in [1.54, 1.807) is 0 Å². The van der Waals surface area contributed by atoms with Crippen molar-refractivity contribution >= 4 is 17.3 Å². The van der Waals surface area contributed by atoms with E-state index in [0.717, 1.165) is 48.7 Å². The van der Waals surface area contributed by atoms with E-state index in [9.17, 15) is 0 Å². The van der Waals surface area contributed by atoms with Gasteiger partial charge in [-0.3, -0.25) is 0 Å². The first-order chi connectivity index (χ1) is 15.2. The van der Waals surface area contributed by atoms with Crippen LogP contribution in [-0.4, -0.2) is 26.2 Å². The summed E-state index contributed by atoms with van der Waals surface area (Å²) in [6, 6.07) is 21.2. The van der Waals surface area contributed by atoms with Crippen LogP contribution in [0.25, 0.3) is 11.1 Å². The van der Waals surface area contributed by atoms with Crippen LogP contribution in [0.1, 0.15) is 29.2 Å². The molecule has 1 aliphatic rings. The molecule has 162 valence electrons. The topological polar surface area (TPSA) is 24.5 Å². The molecule has 0 amide bonds. The van der Waals surface area contributed by atoms with Crippen molar-refractivity contribution in [3.05, 3.63) is 87.9 Å². The van der Waals surface area contributed by atoms with Gasteiger partial charge in [0.05, 0.1) is 13.2 Å². The minimum atomic E-state index is 0.533. The summed E-state index contributed by atoms with van der Waals surface area (Å²) in [5.74, 6) is 0. The Morgan fingerprint density at radius 1 is 0.935 bits per heavy atom. The maximum atomic E-state index is 6.60. The maximum Gasteiger partial charge on any atom is 0.0727 e. The van der Waals surface area contributed by atoms with Gasteiger partial charge >= 0.3 is 0 Å². The number of aryl methyl sites for hydroxylation is 2. The average molecular weight is 435 g/mol. The smallest absolute Gasteiger partial charge is 0.0727 e. The number of hydrogen-bond acceptors (Lipinski definition) is 3. The van der Waals surface area contributed by atoms with Gasteiger partial charge in [-0.25, -0.2) is 0 Å². The van der Waals surface area contributed by atoms with Crippen molar-refractivity contribution in [2.24, 2.45) is 0 Å². The van der Waals surface area contributed by atoms with Crippen LogP contribution in [-0.2, 0) is 24.4 Å². The number of nitrogens with one attached hydrogen (secondary N) is 1. The molecule has 0 radical (unpaired) electrons. The highest BCUT2D eigenvalue weighted by molar-refractivity contribution is 6.33. The summed E-state index contributed by atoms with van der Waals surface area (Å²) >= 11 is 6.60. The van der Waals surface area contributed by atoms with Crippen molar-refractivity contribution < 1.29 is 4.74 Å². The first-order valence-corrected chi connectivity index (χ1v) is 11.5. The van der Waals surface area contributed by atoms with Crippen LogP contribution in [0, 0.1) is 6.92 Å². The van der Waals surface area contributed by atoms with E-state index in [2.05, 4.69) is 72.6 Å². The van der Waals surface area contributed by atoms with Crippen LogP contribution in [0.15, 0.2) is 60.7 Å². The lowest BCUT2D eigenvalue weighted by molar-refractivity contribution is 0.107. The Hall–Kier alpha value is -2.33. The highest BCUT2D eigenvalue weighted by Gasteiger charge is 2.15. The minimum Gasteiger partial charge on any atom is -0.372 e. The lowest BCUT2D eigenvalue weighted by Crippen LogP contribution is -2.43. The van der Waals surface area contributed by atoms with Crippen molar-refractivity contribution in [1.29, 1.82) is 0 Å². The van der Waals surface area contributed by atoms with Gasteiger partial charge in [-0.1, -0.05) is 67.1 Å². The van der Waals surface area contributed by atoms with Crippen LogP contribution in [0.5, 0.6) is 0 Å². The fourth-order valence-electron chi connectivity index (χ4n) is 4.35. The van der Waals surface area contributed by atoms with Gasteiger partial charge < -0.3 is 15.0 Å². The molecule has 1 heterocycles. The molecule has 0 aliphatic carbocycles. The zero-order chi connectivity index (χ0) is 21.6. The normalized spacial score (nSPS) is 14.1. The summed E-state index contributed by atoms with van der Waals surface area (Å²) in [6.45, 7) is 9.72. The Bertz CT molecular complexity index is 1030. The SMILES string of the molecule is CCc1cc(COCc2cccc(Cl)c2-c2ccccc2C)ccc1N1CCNCC1. The van der Waals surface area contributed by atoms with Gasteiger partial charge in [0.25, 0.3) is 0 Å². The summed E-state index contributed by atoms with van der Waals surface area (Å²) in [4.78, 5) is 2.49. The number of benzene rings is 3. The molecule has 1 N–H and O–H groups in total. The van der Waals surface area contributed by atoms with Crippen LogP contribution >= 0.6 is 11.6 Å². The number of ether oxygens (including phenoxy) is 1. The van der Waals surface area contributed by atoms with E-state index in [-0.39, 0.29) is 0 Å². The first-order valence-electron chi connectivity index (χ1n) is 11.2. The molecule has 4 heteroatoms. The largest absolute Gasteiger partial charge is 0.372 e. The van der Waals surface area contributed by atoms with Gasteiger partial charge in [-0.05, 0) is 53.3 Å². The predicted molar refractivity (Wildman–Crippen MR) is 131 cm³/mol. The van der Waals surface area contributed by atoms with Crippen molar-refractivity contribution in [3.63, 3.8) is 0 Å². The van der Waals surface area contributed by atoms with Crippen LogP contribution in [0.4, 0.5) is 5.69 Å². The van der Waals surface area contributed by atoms with Crippen LogP contribution < -0.4 is 10.2 Å². The van der Waals surface area contributed by atoms with Crippen molar-refractivity contribution in [3.8, 4) is 11.1 Å². The molecular formula is C27H31ClN2O. The number of halogens is 1. The molecule has 1 saturated heterocycles. The number of nitrogens with zero attached hydrogens (tertiary/aromatic N) is 1. The fourth-order valence-corrected chi connectivity index (χ4v) is 4.64. The third-order valence-corrected chi connectivity index (χ3v) is 6.34. The van der Waals surface area contributed by atoms with Crippen molar-refractivity contribution in [2.45, 2.75) is 33.5 Å². The molecular weight excluding hydrogens is 404 g/mol. The quantitative estimate of drug-likeness (QED) is 0.493. The fraction of sp³-hybridized carbons (Fsp3) is 0.333. The molecule has 3 aromatic carbocycles. The first kappa shape index (κ1) is 21.9. The van der Waals surface area contributed by atoms with Gasteiger partial charge in [0.1, 0.15) is 0 Å². The lowest BCUT2D eigenvalue weighted by atomic mass is 9.96. The zero-order valence-electron chi connectivity index (χ0n) is 18.5. The van der Waals surface area contributed by atoms with E-state index in [0.29, 0.717) is 13.2 Å². The molecule has 31 heavy (non-hydrogen) atoms. The molecule has 1 aliphatic heterocycles. The van der Waals surface area contributed by atoms with Gasteiger partial charge in [0.2, 0.25) is 0 Å². The zero-order valence-corrected chi connectivity index (χ0v) is 19.2.